The zero-order valence-electron chi connectivity index (χ0n) is 14.7. The van der Waals surface area contributed by atoms with Gasteiger partial charge in [0, 0.05) is 18.9 Å². The van der Waals surface area contributed by atoms with Gasteiger partial charge in [-0.2, -0.15) is 0 Å². The normalized spacial score (nSPS) is 11.8. The second kappa shape index (κ2) is 9.83. The molecule has 0 amide bonds. The van der Waals surface area contributed by atoms with Crippen molar-refractivity contribution in [3.63, 3.8) is 0 Å². The van der Waals surface area contributed by atoms with E-state index in [1.165, 1.54) is 5.56 Å². The van der Waals surface area contributed by atoms with Gasteiger partial charge < -0.3 is 19.5 Å². The number of methoxy groups -OCH3 is 1. The highest BCUT2D eigenvalue weighted by Gasteiger charge is 2.08. The molecule has 4 heteroatoms. The monoisotopic (exact) mass is 329 g/mol. The molecular weight excluding hydrogens is 302 g/mol. The Labute approximate surface area is 144 Å². The number of rotatable bonds is 10. The molecule has 24 heavy (non-hydrogen) atoms. The number of aryl methyl sites for hydroxylation is 1. The molecule has 0 aliphatic carbocycles. The van der Waals surface area contributed by atoms with Gasteiger partial charge in [0.25, 0.3) is 0 Å². The Kier molecular flexibility index (Phi) is 7.43. The summed E-state index contributed by atoms with van der Waals surface area (Å²) in [7, 11) is 1.67. The quantitative estimate of drug-likeness (QED) is 0.660. The summed E-state index contributed by atoms with van der Waals surface area (Å²) in [5.74, 6) is 1.75. The predicted octanol–water partition coefficient (Wildman–Crippen LogP) is 4.29. The predicted molar refractivity (Wildman–Crippen MR) is 98.2 cm³/mol. The third-order valence-corrected chi connectivity index (χ3v) is 3.70. The zero-order chi connectivity index (χ0) is 17.2. The van der Waals surface area contributed by atoms with Crippen molar-refractivity contribution in [1.29, 1.82) is 0 Å². The van der Waals surface area contributed by atoms with Crippen LogP contribution in [-0.2, 0) is 4.74 Å². The first kappa shape index (κ1) is 18.1. The van der Waals surface area contributed by atoms with Gasteiger partial charge in [0.2, 0.25) is 0 Å². The van der Waals surface area contributed by atoms with E-state index in [-0.39, 0.29) is 6.10 Å². The van der Waals surface area contributed by atoms with E-state index < -0.39 is 0 Å². The van der Waals surface area contributed by atoms with Crippen molar-refractivity contribution in [2.45, 2.75) is 26.4 Å². The van der Waals surface area contributed by atoms with Gasteiger partial charge in [-0.15, -0.1) is 0 Å². The van der Waals surface area contributed by atoms with Crippen molar-refractivity contribution < 1.29 is 14.2 Å². The van der Waals surface area contributed by atoms with Gasteiger partial charge in [-0.25, -0.2) is 0 Å². The van der Waals surface area contributed by atoms with Gasteiger partial charge in [0.05, 0.1) is 13.2 Å². The molecule has 0 radical (unpaired) electrons. The molecule has 2 aromatic rings. The van der Waals surface area contributed by atoms with E-state index in [1.54, 1.807) is 7.11 Å². The molecule has 0 fully saturated rings. The third kappa shape index (κ3) is 6.13. The lowest BCUT2D eigenvalue weighted by Crippen LogP contribution is -2.25. The van der Waals surface area contributed by atoms with Gasteiger partial charge in [-0.3, -0.25) is 0 Å². The Morgan fingerprint density at radius 2 is 1.79 bits per heavy atom. The van der Waals surface area contributed by atoms with Gasteiger partial charge >= 0.3 is 0 Å². The van der Waals surface area contributed by atoms with Crippen LogP contribution in [-0.4, -0.2) is 33.0 Å². The summed E-state index contributed by atoms with van der Waals surface area (Å²) < 4.78 is 16.7. The fourth-order valence-corrected chi connectivity index (χ4v) is 2.25. The molecule has 0 bridgehead atoms. The summed E-state index contributed by atoms with van der Waals surface area (Å²) >= 11 is 0. The smallest absolute Gasteiger partial charge is 0.121 e. The summed E-state index contributed by atoms with van der Waals surface area (Å²) in [6, 6.07) is 16.1. The molecule has 0 aliphatic heterocycles. The van der Waals surface area contributed by atoms with E-state index in [0.717, 1.165) is 30.2 Å². The first-order chi connectivity index (χ1) is 11.7. The Bertz CT molecular complexity index is 598. The summed E-state index contributed by atoms with van der Waals surface area (Å²) in [4.78, 5) is 0. The maximum Gasteiger partial charge on any atom is 0.121 e. The minimum atomic E-state index is 0.116. The highest BCUT2D eigenvalue weighted by atomic mass is 16.5. The molecule has 0 saturated carbocycles. The topological polar surface area (TPSA) is 39.7 Å². The van der Waals surface area contributed by atoms with Crippen LogP contribution in [0, 0.1) is 6.92 Å². The molecule has 1 N–H and O–H groups in total. The summed E-state index contributed by atoms with van der Waals surface area (Å²) in [6.07, 6.45) is 1.05. The largest absolute Gasteiger partial charge is 0.491 e. The van der Waals surface area contributed by atoms with Crippen molar-refractivity contribution in [3.05, 3.63) is 54.1 Å². The van der Waals surface area contributed by atoms with E-state index in [1.807, 2.05) is 36.4 Å². The molecule has 0 spiro atoms. The lowest BCUT2D eigenvalue weighted by Gasteiger charge is -2.19. The van der Waals surface area contributed by atoms with Gasteiger partial charge in [-0.05, 0) is 37.6 Å². The van der Waals surface area contributed by atoms with Crippen LogP contribution in [0.25, 0.3) is 0 Å². The van der Waals surface area contributed by atoms with E-state index >= 15 is 0 Å². The van der Waals surface area contributed by atoms with E-state index in [0.29, 0.717) is 13.2 Å². The maximum atomic E-state index is 6.04. The number of nitrogens with one attached hydrogen (secondary N) is 1. The molecule has 2 rings (SSSR count). The maximum absolute atomic E-state index is 6.04. The fourth-order valence-electron chi connectivity index (χ4n) is 2.25. The summed E-state index contributed by atoms with van der Waals surface area (Å²) in [6.45, 7) is 6.08. The number of anilines is 1. The number of hydrogen-bond donors (Lipinski definition) is 1. The number of ether oxygens (including phenoxy) is 3. The minimum Gasteiger partial charge on any atom is -0.491 e. The molecule has 0 aliphatic rings. The molecule has 0 saturated heterocycles. The lowest BCUT2D eigenvalue weighted by atomic mass is 10.2. The highest BCUT2D eigenvalue weighted by molar-refractivity contribution is 5.48. The highest BCUT2D eigenvalue weighted by Crippen LogP contribution is 2.19. The van der Waals surface area contributed by atoms with Crippen LogP contribution < -0.4 is 14.8 Å². The zero-order valence-corrected chi connectivity index (χ0v) is 14.7. The first-order valence-corrected chi connectivity index (χ1v) is 8.40. The average Bonchev–Trinajstić information content (AvgIpc) is 2.61. The van der Waals surface area contributed by atoms with Crippen molar-refractivity contribution in [3.8, 4) is 11.5 Å². The minimum absolute atomic E-state index is 0.116. The van der Waals surface area contributed by atoms with Crippen LogP contribution in [0.15, 0.2) is 48.5 Å². The summed E-state index contributed by atoms with van der Waals surface area (Å²) in [5, 5.41) is 3.42. The van der Waals surface area contributed by atoms with Crippen LogP contribution in [0.1, 0.15) is 18.9 Å². The van der Waals surface area contributed by atoms with Crippen LogP contribution in [0.4, 0.5) is 5.69 Å². The van der Waals surface area contributed by atoms with Crippen LogP contribution >= 0.6 is 0 Å². The van der Waals surface area contributed by atoms with E-state index in [4.69, 9.17) is 14.2 Å². The first-order valence-electron chi connectivity index (χ1n) is 8.40. The molecule has 1 atom stereocenters. The Morgan fingerprint density at radius 3 is 2.50 bits per heavy atom. The molecule has 4 nitrogen and oxygen atoms in total. The van der Waals surface area contributed by atoms with E-state index in [2.05, 4.69) is 31.3 Å². The van der Waals surface area contributed by atoms with Crippen molar-refractivity contribution in [1.82, 2.24) is 0 Å². The Hall–Kier alpha value is -2.20. The standard InChI is InChI=1S/C20H27NO3/c1-4-18(24-19-10-8-16(2)9-11-19)15-21-17-6-5-7-20(14-17)23-13-12-22-3/h5-11,14,18,21H,4,12-13,15H2,1-3H3. The van der Waals surface area contributed by atoms with Crippen LogP contribution in [0.2, 0.25) is 0 Å². The molecular formula is C20H27NO3. The third-order valence-electron chi connectivity index (χ3n) is 3.70. The molecule has 1 unspecified atom stereocenters. The van der Waals surface area contributed by atoms with Crippen LogP contribution in [0.3, 0.4) is 0 Å². The Balaban J connectivity index is 1.85. The lowest BCUT2D eigenvalue weighted by molar-refractivity contribution is 0.146. The van der Waals surface area contributed by atoms with Gasteiger partial charge in [-0.1, -0.05) is 30.7 Å². The van der Waals surface area contributed by atoms with Crippen molar-refractivity contribution >= 4 is 5.69 Å². The average molecular weight is 329 g/mol. The second-order valence-corrected chi connectivity index (χ2v) is 5.71. The molecule has 0 heterocycles. The van der Waals surface area contributed by atoms with Gasteiger partial charge in [0.1, 0.15) is 24.2 Å². The van der Waals surface area contributed by atoms with Crippen molar-refractivity contribution in [2.24, 2.45) is 0 Å². The molecule has 130 valence electrons. The Morgan fingerprint density at radius 1 is 1.00 bits per heavy atom. The SMILES string of the molecule is CCC(CNc1cccc(OCCOC)c1)Oc1ccc(C)cc1. The van der Waals surface area contributed by atoms with E-state index in [9.17, 15) is 0 Å². The molecule has 2 aromatic carbocycles. The van der Waals surface area contributed by atoms with Crippen molar-refractivity contribution in [2.75, 3.05) is 32.2 Å². The summed E-state index contributed by atoms with van der Waals surface area (Å²) in [5.41, 5.74) is 2.26. The fraction of sp³-hybridized carbons (Fsp3) is 0.400. The van der Waals surface area contributed by atoms with Gasteiger partial charge in [0.15, 0.2) is 0 Å². The number of benzene rings is 2. The number of hydrogen-bond acceptors (Lipinski definition) is 4. The van der Waals surface area contributed by atoms with Crippen LogP contribution in [0.5, 0.6) is 11.5 Å². The second-order valence-electron chi connectivity index (χ2n) is 5.71. The molecule has 0 aromatic heterocycles.